The Hall–Kier alpha value is -1.81. The molecule has 0 spiro atoms. The molecule has 0 aliphatic carbocycles. The number of benzene rings is 1. The molecule has 1 saturated heterocycles. The van der Waals surface area contributed by atoms with E-state index >= 15 is 0 Å². The van der Waals surface area contributed by atoms with E-state index in [0.717, 1.165) is 16.5 Å². The Morgan fingerprint density at radius 1 is 1.38 bits per heavy atom. The number of carbonyl (C=O) groups is 1. The lowest BCUT2D eigenvalue weighted by Crippen LogP contribution is -2.56. The summed E-state index contributed by atoms with van der Waals surface area (Å²) in [6.07, 6.45) is 1.86. The van der Waals surface area contributed by atoms with Crippen LogP contribution in [0.25, 0.3) is 10.9 Å². The zero-order chi connectivity index (χ0) is 11.2. The molecule has 1 aromatic heterocycles. The van der Waals surface area contributed by atoms with Gasteiger partial charge in [-0.3, -0.25) is 4.79 Å². The molecule has 82 valence electrons. The maximum absolute atomic E-state index is 11.6. The van der Waals surface area contributed by atoms with Gasteiger partial charge in [-0.25, -0.2) is 0 Å². The monoisotopic (exact) mass is 216 g/mol. The number of aromatic nitrogens is 1. The fourth-order valence-corrected chi connectivity index (χ4v) is 2.20. The first kappa shape index (κ1) is 9.42. The molecule has 0 atom stereocenters. The topological polar surface area (TPSA) is 68.1 Å². The number of amides is 1. The summed E-state index contributed by atoms with van der Waals surface area (Å²) in [5.74, 6) is -0.316. The van der Waals surface area contributed by atoms with Crippen molar-refractivity contribution in [2.75, 3.05) is 13.2 Å². The largest absolute Gasteiger partial charge is 0.378 e. The van der Waals surface area contributed by atoms with Crippen LogP contribution in [0.5, 0.6) is 0 Å². The summed E-state index contributed by atoms with van der Waals surface area (Å²) in [7, 11) is 0. The molecule has 1 fully saturated rings. The molecule has 16 heavy (non-hydrogen) atoms. The number of para-hydroxylation sites is 1. The zero-order valence-corrected chi connectivity index (χ0v) is 8.69. The molecule has 0 radical (unpaired) electrons. The van der Waals surface area contributed by atoms with Gasteiger partial charge in [0.15, 0.2) is 0 Å². The molecule has 4 nitrogen and oxygen atoms in total. The summed E-state index contributed by atoms with van der Waals surface area (Å²) >= 11 is 0. The molecule has 1 amide bonds. The summed E-state index contributed by atoms with van der Waals surface area (Å²) in [6.45, 7) is 0.758. The van der Waals surface area contributed by atoms with Crippen molar-refractivity contribution in [2.45, 2.75) is 5.41 Å². The number of H-pyrrole nitrogens is 1. The summed E-state index contributed by atoms with van der Waals surface area (Å²) in [5, 5.41) is 1.05. The number of aromatic amines is 1. The average Bonchev–Trinajstić information content (AvgIpc) is 2.61. The molecular formula is C12H12N2O2. The molecule has 4 heteroatoms. The number of nitrogens with two attached hydrogens (primary N) is 1. The molecule has 1 aliphatic rings. The Kier molecular flexibility index (Phi) is 1.82. The van der Waals surface area contributed by atoms with Crippen molar-refractivity contribution in [2.24, 2.45) is 5.73 Å². The lowest BCUT2D eigenvalue weighted by Gasteiger charge is -2.38. The highest BCUT2D eigenvalue weighted by atomic mass is 16.5. The van der Waals surface area contributed by atoms with Gasteiger partial charge in [-0.15, -0.1) is 0 Å². The summed E-state index contributed by atoms with van der Waals surface area (Å²) < 4.78 is 5.16. The van der Waals surface area contributed by atoms with Crippen LogP contribution >= 0.6 is 0 Å². The van der Waals surface area contributed by atoms with E-state index < -0.39 is 5.41 Å². The minimum absolute atomic E-state index is 0.316. The second-order valence-electron chi connectivity index (χ2n) is 4.19. The van der Waals surface area contributed by atoms with Gasteiger partial charge in [-0.05, 0) is 11.6 Å². The first-order chi connectivity index (χ1) is 7.74. The van der Waals surface area contributed by atoms with Crippen LogP contribution in [0, 0.1) is 0 Å². The third-order valence-corrected chi connectivity index (χ3v) is 3.27. The second kappa shape index (κ2) is 3.09. The predicted molar refractivity (Wildman–Crippen MR) is 60.0 cm³/mol. The fraction of sp³-hybridized carbons (Fsp3) is 0.250. The van der Waals surface area contributed by atoms with Gasteiger partial charge >= 0.3 is 0 Å². The van der Waals surface area contributed by atoms with E-state index in [9.17, 15) is 4.79 Å². The van der Waals surface area contributed by atoms with Gasteiger partial charge in [0.1, 0.15) is 5.41 Å². The Bertz CT molecular complexity index is 555. The zero-order valence-electron chi connectivity index (χ0n) is 8.69. The number of hydrogen-bond acceptors (Lipinski definition) is 2. The molecule has 2 heterocycles. The van der Waals surface area contributed by atoms with Crippen molar-refractivity contribution in [1.29, 1.82) is 0 Å². The van der Waals surface area contributed by atoms with Crippen LogP contribution in [0.15, 0.2) is 30.5 Å². The minimum Gasteiger partial charge on any atom is -0.378 e. The number of hydrogen-bond donors (Lipinski definition) is 2. The van der Waals surface area contributed by atoms with Crippen LogP contribution < -0.4 is 5.73 Å². The van der Waals surface area contributed by atoms with Crippen LogP contribution in [0.1, 0.15) is 5.56 Å². The maximum Gasteiger partial charge on any atom is 0.232 e. The number of primary amides is 1. The van der Waals surface area contributed by atoms with E-state index in [1.54, 1.807) is 0 Å². The Morgan fingerprint density at radius 3 is 2.75 bits per heavy atom. The lowest BCUT2D eigenvalue weighted by molar-refractivity contribution is -0.141. The van der Waals surface area contributed by atoms with Gasteiger partial charge < -0.3 is 15.5 Å². The standard InChI is InChI=1S/C12H12N2O2/c13-11(15)12(6-16-7-12)9-5-14-10-4-2-1-3-8(9)10/h1-5,14H,6-7H2,(H2,13,15). The van der Waals surface area contributed by atoms with E-state index in [1.165, 1.54) is 0 Å². The lowest BCUT2D eigenvalue weighted by atomic mass is 9.78. The minimum atomic E-state index is -0.639. The third kappa shape index (κ3) is 1.05. The number of rotatable bonds is 2. The first-order valence-corrected chi connectivity index (χ1v) is 5.18. The molecule has 1 aromatic carbocycles. The highest BCUT2D eigenvalue weighted by Crippen LogP contribution is 2.36. The molecule has 3 rings (SSSR count). The van der Waals surface area contributed by atoms with Crippen molar-refractivity contribution >= 4 is 16.8 Å². The molecule has 2 aromatic rings. The van der Waals surface area contributed by atoms with Crippen molar-refractivity contribution in [3.63, 3.8) is 0 Å². The van der Waals surface area contributed by atoms with Gasteiger partial charge in [-0.1, -0.05) is 18.2 Å². The van der Waals surface area contributed by atoms with E-state index in [2.05, 4.69) is 4.98 Å². The molecule has 3 N–H and O–H groups in total. The summed E-state index contributed by atoms with van der Waals surface area (Å²) in [4.78, 5) is 14.7. The summed E-state index contributed by atoms with van der Waals surface area (Å²) in [5.41, 5.74) is 6.81. The number of carbonyl (C=O) groups excluding carboxylic acids is 1. The maximum atomic E-state index is 11.6. The first-order valence-electron chi connectivity index (χ1n) is 5.18. The van der Waals surface area contributed by atoms with Crippen molar-refractivity contribution < 1.29 is 9.53 Å². The van der Waals surface area contributed by atoms with Gasteiger partial charge in [0.25, 0.3) is 0 Å². The van der Waals surface area contributed by atoms with E-state index in [0.29, 0.717) is 13.2 Å². The van der Waals surface area contributed by atoms with Crippen molar-refractivity contribution in [1.82, 2.24) is 4.98 Å². The smallest absolute Gasteiger partial charge is 0.232 e. The second-order valence-corrected chi connectivity index (χ2v) is 4.19. The van der Waals surface area contributed by atoms with E-state index in [4.69, 9.17) is 10.5 Å². The molecule has 0 bridgehead atoms. The Morgan fingerprint density at radius 2 is 2.12 bits per heavy atom. The number of nitrogens with one attached hydrogen (secondary N) is 1. The quantitative estimate of drug-likeness (QED) is 0.783. The SMILES string of the molecule is NC(=O)C1(c2c[nH]c3ccccc23)COC1. The molecule has 1 aliphatic heterocycles. The van der Waals surface area contributed by atoms with Crippen LogP contribution in [-0.2, 0) is 14.9 Å². The normalized spacial score (nSPS) is 18.2. The van der Waals surface area contributed by atoms with E-state index in [1.807, 2.05) is 30.5 Å². The molecular weight excluding hydrogens is 204 g/mol. The average molecular weight is 216 g/mol. The van der Waals surface area contributed by atoms with Crippen LogP contribution in [0.2, 0.25) is 0 Å². The Labute approximate surface area is 92.4 Å². The van der Waals surface area contributed by atoms with Crippen LogP contribution in [0.3, 0.4) is 0 Å². The van der Waals surface area contributed by atoms with Crippen molar-refractivity contribution in [3.05, 3.63) is 36.0 Å². The van der Waals surface area contributed by atoms with E-state index in [-0.39, 0.29) is 5.91 Å². The molecule has 0 unspecified atom stereocenters. The number of fused-ring (bicyclic) bond motifs is 1. The van der Waals surface area contributed by atoms with Crippen LogP contribution in [0.4, 0.5) is 0 Å². The highest BCUT2D eigenvalue weighted by Gasteiger charge is 2.47. The number of ether oxygens (including phenoxy) is 1. The fourth-order valence-electron chi connectivity index (χ4n) is 2.20. The third-order valence-electron chi connectivity index (χ3n) is 3.27. The van der Waals surface area contributed by atoms with Gasteiger partial charge in [0.05, 0.1) is 13.2 Å². The van der Waals surface area contributed by atoms with Gasteiger partial charge in [-0.2, -0.15) is 0 Å². The Balaban J connectivity index is 2.22. The van der Waals surface area contributed by atoms with Crippen LogP contribution in [-0.4, -0.2) is 24.1 Å². The van der Waals surface area contributed by atoms with Gasteiger partial charge in [0, 0.05) is 17.1 Å². The highest BCUT2D eigenvalue weighted by molar-refractivity contribution is 5.95. The summed E-state index contributed by atoms with van der Waals surface area (Å²) in [6, 6.07) is 7.88. The van der Waals surface area contributed by atoms with Crippen molar-refractivity contribution in [3.8, 4) is 0 Å². The molecule has 0 saturated carbocycles. The predicted octanol–water partition coefficient (Wildman–Crippen LogP) is 0.921. The van der Waals surface area contributed by atoms with Gasteiger partial charge in [0.2, 0.25) is 5.91 Å².